The second kappa shape index (κ2) is 10.7. The fraction of sp³-hybridized carbons (Fsp3) is 0.480. The van der Waals surface area contributed by atoms with Crippen molar-refractivity contribution in [3.05, 3.63) is 64.1 Å². The van der Waals surface area contributed by atoms with Gasteiger partial charge >= 0.3 is 12.1 Å². The maximum atomic E-state index is 12.3. The van der Waals surface area contributed by atoms with Gasteiger partial charge in [-0.3, -0.25) is 14.3 Å². The van der Waals surface area contributed by atoms with Gasteiger partial charge in [0.25, 0.3) is 5.56 Å². The SMILES string of the molecule is CCOC(=O)c1ccc(=O)n(-c2ccc(CN3CCC(NC(=O)OC(C)(C)C)CC3)cc2)c1. The van der Waals surface area contributed by atoms with Crippen molar-refractivity contribution in [2.24, 2.45) is 0 Å². The molecular formula is C25H33N3O5. The van der Waals surface area contributed by atoms with Crippen LogP contribution in [-0.2, 0) is 16.0 Å². The van der Waals surface area contributed by atoms with Crippen molar-refractivity contribution in [3.8, 4) is 5.69 Å². The second-order valence-electron chi connectivity index (χ2n) is 9.21. The predicted molar refractivity (Wildman–Crippen MR) is 126 cm³/mol. The van der Waals surface area contributed by atoms with Gasteiger partial charge in [0.15, 0.2) is 0 Å². The molecule has 0 radical (unpaired) electrons. The van der Waals surface area contributed by atoms with Crippen molar-refractivity contribution in [1.82, 2.24) is 14.8 Å². The number of alkyl carbamates (subject to hydrolysis) is 1. The van der Waals surface area contributed by atoms with E-state index in [1.54, 1.807) is 6.92 Å². The van der Waals surface area contributed by atoms with Gasteiger partial charge in [0.2, 0.25) is 0 Å². The van der Waals surface area contributed by atoms with Crippen LogP contribution in [-0.4, -0.2) is 52.9 Å². The summed E-state index contributed by atoms with van der Waals surface area (Å²) in [5, 5.41) is 2.96. The highest BCUT2D eigenvalue weighted by molar-refractivity contribution is 5.89. The van der Waals surface area contributed by atoms with E-state index in [0.717, 1.165) is 38.0 Å². The normalized spacial score (nSPS) is 15.2. The first-order chi connectivity index (χ1) is 15.6. The zero-order valence-corrected chi connectivity index (χ0v) is 19.8. The second-order valence-corrected chi connectivity index (χ2v) is 9.21. The quantitative estimate of drug-likeness (QED) is 0.671. The molecule has 8 heteroatoms. The van der Waals surface area contributed by atoms with Gasteiger partial charge in [0, 0.05) is 43.6 Å². The van der Waals surface area contributed by atoms with Crippen LogP contribution in [0.3, 0.4) is 0 Å². The fourth-order valence-corrected chi connectivity index (χ4v) is 3.75. The van der Waals surface area contributed by atoms with Crippen LogP contribution in [0.5, 0.6) is 0 Å². The lowest BCUT2D eigenvalue weighted by Gasteiger charge is -2.32. The molecule has 0 saturated carbocycles. The first-order valence-electron chi connectivity index (χ1n) is 11.4. The van der Waals surface area contributed by atoms with Crippen molar-refractivity contribution in [1.29, 1.82) is 0 Å². The van der Waals surface area contributed by atoms with E-state index in [2.05, 4.69) is 10.2 Å². The molecule has 1 saturated heterocycles. The molecule has 0 bridgehead atoms. The molecule has 33 heavy (non-hydrogen) atoms. The molecule has 1 aliphatic heterocycles. The Labute approximate surface area is 194 Å². The molecule has 1 N–H and O–H groups in total. The van der Waals surface area contributed by atoms with E-state index in [-0.39, 0.29) is 24.3 Å². The van der Waals surface area contributed by atoms with Crippen molar-refractivity contribution < 1.29 is 19.1 Å². The predicted octanol–water partition coefficient (Wildman–Crippen LogP) is 3.50. The van der Waals surface area contributed by atoms with Crippen LogP contribution in [0.2, 0.25) is 0 Å². The fourth-order valence-electron chi connectivity index (χ4n) is 3.75. The molecule has 0 unspecified atom stereocenters. The van der Waals surface area contributed by atoms with E-state index in [1.165, 1.54) is 22.9 Å². The summed E-state index contributed by atoms with van der Waals surface area (Å²) >= 11 is 0. The number of carbonyl (C=O) groups excluding carboxylic acids is 2. The minimum Gasteiger partial charge on any atom is -0.462 e. The van der Waals surface area contributed by atoms with Gasteiger partial charge < -0.3 is 14.8 Å². The van der Waals surface area contributed by atoms with Crippen LogP contribution in [0.15, 0.2) is 47.4 Å². The molecule has 2 aromatic rings. The van der Waals surface area contributed by atoms with Crippen molar-refractivity contribution in [2.45, 2.75) is 58.7 Å². The maximum Gasteiger partial charge on any atom is 0.407 e. The Kier molecular flexibility index (Phi) is 7.92. The number of rotatable bonds is 6. The lowest BCUT2D eigenvalue weighted by Crippen LogP contribution is -2.45. The zero-order chi connectivity index (χ0) is 24.0. The molecule has 3 rings (SSSR count). The van der Waals surface area contributed by atoms with E-state index < -0.39 is 11.6 Å². The van der Waals surface area contributed by atoms with Crippen LogP contribution in [0.1, 0.15) is 56.5 Å². The first-order valence-corrected chi connectivity index (χ1v) is 11.4. The summed E-state index contributed by atoms with van der Waals surface area (Å²) in [5.41, 5.74) is 1.45. The zero-order valence-electron chi connectivity index (χ0n) is 19.8. The van der Waals surface area contributed by atoms with Crippen LogP contribution in [0.4, 0.5) is 4.79 Å². The van der Waals surface area contributed by atoms with Gasteiger partial charge in [0.1, 0.15) is 5.60 Å². The summed E-state index contributed by atoms with van der Waals surface area (Å²) in [6.07, 6.45) is 2.89. The van der Waals surface area contributed by atoms with E-state index in [1.807, 2.05) is 45.0 Å². The molecule has 1 amide bonds. The Morgan fingerprint density at radius 1 is 1.06 bits per heavy atom. The van der Waals surface area contributed by atoms with E-state index >= 15 is 0 Å². The van der Waals surface area contributed by atoms with Gasteiger partial charge in [-0.2, -0.15) is 0 Å². The third kappa shape index (κ3) is 7.18. The number of pyridine rings is 1. The van der Waals surface area contributed by atoms with E-state index in [0.29, 0.717) is 11.3 Å². The third-order valence-corrected chi connectivity index (χ3v) is 5.35. The van der Waals surface area contributed by atoms with E-state index in [9.17, 15) is 14.4 Å². The molecular weight excluding hydrogens is 422 g/mol. The summed E-state index contributed by atoms with van der Waals surface area (Å²) in [6.45, 7) is 10.1. The van der Waals surface area contributed by atoms with Crippen molar-refractivity contribution in [2.75, 3.05) is 19.7 Å². The van der Waals surface area contributed by atoms with Crippen molar-refractivity contribution >= 4 is 12.1 Å². The highest BCUT2D eigenvalue weighted by Gasteiger charge is 2.23. The number of aromatic nitrogens is 1. The number of benzene rings is 1. The minimum absolute atomic E-state index is 0.122. The lowest BCUT2D eigenvalue weighted by atomic mass is 10.0. The number of esters is 1. The van der Waals surface area contributed by atoms with Gasteiger partial charge in [-0.15, -0.1) is 0 Å². The number of nitrogens with zero attached hydrogens (tertiary/aromatic N) is 2. The van der Waals surface area contributed by atoms with Crippen LogP contribution < -0.4 is 10.9 Å². The summed E-state index contributed by atoms with van der Waals surface area (Å²) in [4.78, 5) is 38.6. The van der Waals surface area contributed by atoms with Gasteiger partial charge in [-0.05, 0) is 64.3 Å². The summed E-state index contributed by atoms with van der Waals surface area (Å²) in [5.74, 6) is -0.451. The Balaban J connectivity index is 1.56. The molecule has 0 atom stereocenters. The van der Waals surface area contributed by atoms with Crippen LogP contribution >= 0.6 is 0 Å². The number of hydrogen-bond acceptors (Lipinski definition) is 6. The molecule has 1 aromatic heterocycles. The molecule has 1 aliphatic rings. The summed E-state index contributed by atoms with van der Waals surface area (Å²) in [6, 6.07) is 10.7. The Morgan fingerprint density at radius 2 is 1.73 bits per heavy atom. The molecule has 0 spiro atoms. The summed E-state index contributed by atoms with van der Waals surface area (Å²) < 4.78 is 11.8. The third-order valence-electron chi connectivity index (χ3n) is 5.35. The Bertz CT molecular complexity index is 1020. The number of likely N-dealkylation sites (tertiary alicyclic amines) is 1. The molecule has 0 aliphatic carbocycles. The Morgan fingerprint density at radius 3 is 2.33 bits per heavy atom. The van der Waals surface area contributed by atoms with Crippen LogP contribution in [0.25, 0.3) is 5.69 Å². The number of carbonyl (C=O) groups is 2. The lowest BCUT2D eigenvalue weighted by molar-refractivity contribution is 0.0475. The average Bonchev–Trinajstić information content (AvgIpc) is 2.75. The molecule has 178 valence electrons. The average molecular weight is 456 g/mol. The molecule has 8 nitrogen and oxygen atoms in total. The molecule has 1 fully saturated rings. The minimum atomic E-state index is -0.498. The Hall–Kier alpha value is -3.13. The number of hydrogen-bond donors (Lipinski definition) is 1. The monoisotopic (exact) mass is 455 g/mol. The highest BCUT2D eigenvalue weighted by atomic mass is 16.6. The van der Waals surface area contributed by atoms with Gasteiger partial charge in [-0.25, -0.2) is 9.59 Å². The number of amides is 1. The summed E-state index contributed by atoms with van der Waals surface area (Å²) in [7, 11) is 0. The number of nitrogens with one attached hydrogen (secondary N) is 1. The topological polar surface area (TPSA) is 89.9 Å². The standard InChI is InChI=1S/C25H33N3O5/c1-5-32-23(30)19-8-11-22(29)28(17-19)21-9-6-18(7-10-21)16-27-14-12-20(13-15-27)26-24(31)33-25(2,3)4/h6-11,17,20H,5,12-16H2,1-4H3,(H,26,31). The smallest absolute Gasteiger partial charge is 0.407 e. The molecule has 1 aromatic carbocycles. The van der Waals surface area contributed by atoms with Gasteiger partial charge in [0.05, 0.1) is 12.2 Å². The largest absolute Gasteiger partial charge is 0.462 e. The first kappa shape index (κ1) is 24.5. The van der Waals surface area contributed by atoms with Gasteiger partial charge in [-0.1, -0.05) is 12.1 Å². The molecule has 2 heterocycles. The van der Waals surface area contributed by atoms with E-state index in [4.69, 9.17) is 9.47 Å². The van der Waals surface area contributed by atoms with Crippen molar-refractivity contribution in [3.63, 3.8) is 0 Å². The number of ether oxygens (including phenoxy) is 2. The number of piperidine rings is 1. The van der Waals surface area contributed by atoms with Crippen LogP contribution in [0, 0.1) is 0 Å². The maximum absolute atomic E-state index is 12.3. The highest BCUT2D eigenvalue weighted by Crippen LogP contribution is 2.16.